The van der Waals surface area contributed by atoms with Crippen molar-refractivity contribution in [3.63, 3.8) is 0 Å². The number of halogens is 1. The van der Waals surface area contributed by atoms with Crippen LogP contribution in [0.1, 0.15) is 11.1 Å². The van der Waals surface area contributed by atoms with Gasteiger partial charge in [0.25, 0.3) is 10.0 Å². The predicted molar refractivity (Wildman–Crippen MR) is 125 cm³/mol. The summed E-state index contributed by atoms with van der Waals surface area (Å²) in [6.07, 6.45) is 3.75. The molecule has 1 aromatic heterocycles. The summed E-state index contributed by atoms with van der Waals surface area (Å²) in [4.78, 5) is 6.00. The zero-order valence-electron chi connectivity index (χ0n) is 18.7. The first-order valence-corrected chi connectivity index (χ1v) is 12.4. The van der Waals surface area contributed by atoms with E-state index in [1.54, 1.807) is 11.6 Å². The van der Waals surface area contributed by atoms with Crippen LogP contribution in [0.2, 0.25) is 0 Å². The maximum Gasteiger partial charge on any atom is 0.259 e. The lowest BCUT2D eigenvalue weighted by Crippen LogP contribution is -2.60. The van der Waals surface area contributed by atoms with Crippen molar-refractivity contribution in [1.29, 1.82) is 0 Å². The molecule has 0 spiro atoms. The number of benzene rings is 2. The van der Waals surface area contributed by atoms with Gasteiger partial charge >= 0.3 is 0 Å². The van der Waals surface area contributed by atoms with Gasteiger partial charge in [-0.2, -0.15) is 0 Å². The molecular weight excluding hydrogens is 443 g/mol. The molecule has 0 aliphatic carbocycles. The quantitative estimate of drug-likeness (QED) is 0.434. The van der Waals surface area contributed by atoms with Crippen molar-refractivity contribution in [2.45, 2.75) is 16.9 Å². The minimum absolute atomic E-state index is 0.0160. The van der Waals surface area contributed by atoms with Crippen molar-refractivity contribution in [3.8, 4) is 5.75 Å². The number of ether oxygens (including phenoxy) is 1. The minimum atomic E-state index is -3.66. The van der Waals surface area contributed by atoms with Crippen molar-refractivity contribution in [1.82, 2.24) is 19.2 Å². The lowest BCUT2D eigenvalue weighted by Gasteiger charge is -2.51. The van der Waals surface area contributed by atoms with Crippen LogP contribution in [0.4, 0.5) is 4.39 Å². The number of sulfonamides is 1. The van der Waals surface area contributed by atoms with Gasteiger partial charge in [0, 0.05) is 44.8 Å². The van der Waals surface area contributed by atoms with E-state index >= 15 is 0 Å². The monoisotopic (exact) mass is 472 g/mol. The summed E-state index contributed by atoms with van der Waals surface area (Å²) in [6.45, 7) is 2.00. The molecule has 1 saturated heterocycles. The number of aryl methyl sites for hydroxylation is 1. The minimum Gasteiger partial charge on any atom is -0.492 e. The van der Waals surface area contributed by atoms with Crippen LogP contribution >= 0.6 is 0 Å². The van der Waals surface area contributed by atoms with E-state index in [0.29, 0.717) is 12.3 Å². The summed E-state index contributed by atoms with van der Waals surface area (Å²) in [5.41, 5.74) is 2.29. The number of alkyl halides is 1. The third-order valence-corrected chi connectivity index (χ3v) is 7.25. The highest BCUT2D eigenvalue weighted by Gasteiger charge is 2.44. The van der Waals surface area contributed by atoms with Gasteiger partial charge in [0.15, 0.2) is 5.03 Å². The second-order valence-electron chi connectivity index (χ2n) is 8.49. The van der Waals surface area contributed by atoms with Crippen molar-refractivity contribution in [3.05, 3.63) is 78.2 Å². The molecule has 0 radical (unpaired) electrons. The maximum atomic E-state index is 12.9. The molecule has 0 atom stereocenters. The summed E-state index contributed by atoms with van der Waals surface area (Å²) in [6, 6.07) is 18.2. The topological polar surface area (TPSA) is 76.5 Å². The van der Waals surface area contributed by atoms with Gasteiger partial charge in [-0.05, 0) is 29.7 Å². The summed E-state index contributed by atoms with van der Waals surface area (Å²) >= 11 is 0. The Kier molecular flexibility index (Phi) is 7.11. The molecule has 2 aromatic carbocycles. The lowest BCUT2D eigenvalue weighted by atomic mass is 9.69. The molecule has 0 bridgehead atoms. The van der Waals surface area contributed by atoms with Gasteiger partial charge in [0.2, 0.25) is 0 Å². The van der Waals surface area contributed by atoms with Gasteiger partial charge < -0.3 is 9.30 Å². The van der Waals surface area contributed by atoms with Crippen LogP contribution in [0.5, 0.6) is 5.75 Å². The molecule has 1 aliphatic rings. The van der Waals surface area contributed by atoms with E-state index in [1.165, 1.54) is 18.1 Å². The number of rotatable bonds is 11. The Morgan fingerprint density at radius 3 is 2.64 bits per heavy atom. The molecule has 1 N–H and O–H groups in total. The Hall–Kier alpha value is -2.75. The molecule has 7 nitrogen and oxygen atoms in total. The molecule has 1 aliphatic heterocycles. The molecule has 2 heterocycles. The third-order valence-electron chi connectivity index (χ3n) is 5.90. The van der Waals surface area contributed by atoms with Crippen molar-refractivity contribution >= 4 is 10.0 Å². The van der Waals surface area contributed by atoms with E-state index in [4.69, 9.17) is 4.74 Å². The van der Waals surface area contributed by atoms with Gasteiger partial charge in [0.05, 0.1) is 6.33 Å². The van der Waals surface area contributed by atoms with E-state index in [2.05, 4.69) is 32.8 Å². The van der Waals surface area contributed by atoms with Crippen molar-refractivity contribution < 1.29 is 17.5 Å². The highest BCUT2D eigenvalue weighted by Crippen LogP contribution is 2.39. The van der Waals surface area contributed by atoms with Crippen molar-refractivity contribution in [2.75, 3.05) is 39.5 Å². The molecule has 9 heteroatoms. The number of nitrogens with one attached hydrogen (secondary N) is 1. The normalized spacial score (nSPS) is 15.8. The molecule has 0 unspecified atom stereocenters. The number of hydrogen-bond acceptors (Lipinski definition) is 5. The number of aromatic nitrogens is 2. The second-order valence-corrected chi connectivity index (χ2v) is 10.2. The van der Waals surface area contributed by atoms with Crippen molar-refractivity contribution in [2.24, 2.45) is 7.05 Å². The first kappa shape index (κ1) is 23.4. The molecule has 176 valence electrons. The standard InChI is InChI=1S/C24H29FN4O3S/c1-28-16-23(26-19-28)33(30,31)27-11-13-32-22-9-5-8-21(14-22)24(17-29(18-24)12-10-25)15-20-6-3-2-4-7-20/h2-9,14,16,19,27H,10-13,15,17-18H2,1H3. The Morgan fingerprint density at radius 2 is 1.94 bits per heavy atom. The summed E-state index contributed by atoms with van der Waals surface area (Å²) < 4.78 is 47.3. The van der Waals surface area contributed by atoms with Crippen LogP contribution in [-0.2, 0) is 28.9 Å². The Labute approximate surface area is 194 Å². The fraction of sp³-hybridized carbons (Fsp3) is 0.375. The summed E-state index contributed by atoms with van der Waals surface area (Å²) in [7, 11) is -1.95. The first-order chi connectivity index (χ1) is 15.9. The number of likely N-dealkylation sites (tertiary alicyclic amines) is 1. The maximum absolute atomic E-state index is 12.9. The van der Waals surface area contributed by atoms with E-state index in [1.807, 2.05) is 36.4 Å². The Bertz CT molecular complexity index is 1160. The fourth-order valence-electron chi connectivity index (χ4n) is 4.33. The molecular formula is C24H29FN4O3S. The Morgan fingerprint density at radius 1 is 1.15 bits per heavy atom. The van der Waals surface area contributed by atoms with E-state index < -0.39 is 10.0 Å². The molecule has 3 aromatic rings. The smallest absolute Gasteiger partial charge is 0.259 e. The molecule has 33 heavy (non-hydrogen) atoms. The van der Waals surface area contributed by atoms with Crippen LogP contribution in [0, 0.1) is 0 Å². The fourth-order valence-corrected chi connectivity index (χ4v) is 5.32. The van der Waals surface area contributed by atoms with Gasteiger partial charge in [-0.25, -0.2) is 22.5 Å². The molecule has 1 fully saturated rings. The average Bonchev–Trinajstić information content (AvgIpc) is 3.23. The van der Waals surface area contributed by atoms with Crippen LogP contribution < -0.4 is 9.46 Å². The number of nitrogens with zero attached hydrogens (tertiary/aromatic N) is 3. The van der Waals surface area contributed by atoms with Gasteiger partial charge in [0.1, 0.15) is 19.0 Å². The van der Waals surface area contributed by atoms with Gasteiger partial charge in [-0.1, -0.05) is 42.5 Å². The molecule has 0 saturated carbocycles. The summed E-state index contributed by atoms with van der Waals surface area (Å²) in [5.74, 6) is 0.681. The summed E-state index contributed by atoms with van der Waals surface area (Å²) in [5, 5.41) is -0.0160. The highest BCUT2D eigenvalue weighted by atomic mass is 32.2. The lowest BCUT2D eigenvalue weighted by molar-refractivity contribution is 0.0587. The van der Waals surface area contributed by atoms with Gasteiger partial charge in [-0.3, -0.25) is 4.90 Å². The van der Waals surface area contributed by atoms with Crippen LogP contribution in [-0.4, -0.2) is 62.3 Å². The third kappa shape index (κ3) is 5.61. The largest absolute Gasteiger partial charge is 0.492 e. The van der Waals surface area contributed by atoms with Crippen LogP contribution in [0.25, 0.3) is 0 Å². The SMILES string of the molecule is Cn1cnc(S(=O)(=O)NCCOc2cccc(C3(Cc4ccccc4)CN(CCF)C3)c2)c1. The average molecular weight is 473 g/mol. The Balaban J connectivity index is 1.40. The van der Waals surface area contributed by atoms with Crippen LogP contribution in [0.15, 0.2) is 72.1 Å². The number of imidazole rings is 1. The highest BCUT2D eigenvalue weighted by molar-refractivity contribution is 7.89. The zero-order chi connectivity index (χ0) is 23.3. The van der Waals surface area contributed by atoms with E-state index in [-0.39, 0.29) is 30.3 Å². The second kappa shape index (κ2) is 10.0. The first-order valence-electron chi connectivity index (χ1n) is 10.9. The predicted octanol–water partition coefficient (Wildman–Crippen LogP) is 2.54. The zero-order valence-corrected chi connectivity index (χ0v) is 19.5. The van der Waals surface area contributed by atoms with Crippen LogP contribution in [0.3, 0.4) is 0 Å². The molecule has 4 rings (SSSR count). The van der Waals surface area contributed by atoms with E-state index in [0.717, 1.165) is 25.1 Å². The van der Waals surface area contributed by atoms with E-state index in [9.17, 15) is 12.8 Å². The number of hydrogen-bond donors (Lipinski definition) is 1. The molecule has 0 amide bonds. The van der Waals surface area contributed by atoms with Gasteiger partial charge in [-0.15, -0.1) is 0 Å².